The molecule has 0 aliphatic heterocycles. The maximum atomic E-state index is 11.5. The molecule has 1 aromatic heterocycles. The molecule has 0 N–H and O–H groups in total. The molecule has 0 radical (unpaired) electrons. The minimum Gasteiger partial charge on any atom is -0.465 e. The molecular formula is C14H20N2O2. The number of carbonyl (C=O) groups excluding carboxylic acids is 1. The lowest BCUT2D eigenvalue weighted by molar-refractivity contribution is 0.0600. The molecule has 0 spiro atoms. The lowest BCUT2D eigenvalue weighted by atomic mass is 10.2. The summed E-state index contributed by atoms with van der Waals surface area (Å²) in [6, 6.07) is 3.88. The van der Waals surface area contributed by atoms with E-state index in [1.165, 1.54) is 20.0 Å². The molecule has 0 atom stereocenters. The van der Waals surface area contributed by atoms with Crippen molar-refractivity contribution in [2.24, 2.45) is 5.92 Å². The van der Waals surface area contributed by atoms with Gasteiger partial charge in [0.2, 0.25) is 0 Å². The van der Waals surface area contributed by atoms with Crippen LogP contribution in [0.2, 0.25) is 0 Å². The largest absolute Gasteiger partial charge is 0.465 e. The van der Waals surface area contributed by atoms with Crippen molar-refractivity contribution >= 4 is 11.8 Å². The van der Waals surface area contributed by atoms with Crippen LogP contribution in [0.5, 0.6) is 0 Å². The average Bonchev–Trinajstić information content (AvgIpc) is 3.18. The summed E-state index contributed by atoms with van der Waals surface area (Å²) in [5.41, 5.74) is 0.559. The number of pyridine rings is 1. The monoisotopic (exact) mass is 248 g/mol. The van der Waals surface area contributed by atoms with Gasteiger partial charge in [-0.3, -0.25) is 0 Å². The molecule has 0 aromatic carbocycles. The predicted molar refractivity (Wildman–Crippen MR) is 70.8 cm³/mol. The van der Waals surface area contributed by atoms with Gasteiger partial charge in [0.25, 0.3) is 0 Å². The highest BCUT2D eigenvalue weighted by atomic mass is 16.5. The van der Waals surface area contributed by atoms with Crippen LogP contribution in [0.4, 0.5) is 5.82 Å². The Bertz CT molecular complexity index is 428. The molecule has 1 aliphatic rings. The molecule has 0 saturated heterocycles. The van der Waals surface area contributed by atoms with E-state index in [0.29, 0.717) is 11.6 Å². The van der Waals surface area contributed by atoms with Gasteiger partial charge < -0.3 is 9.64 Å². The molecule has 4 heteroatoms. The van der Waals surface area contributed by atoms with E-state index in [2.05, 4.69) is 23.7 Å². The number of ether oxygens (including phenoxy) is 1. The second-order valence-electron chi connectivity index (χ2n) is 5.08. The summed E-state index contributed by atoms with van der Waals surface area (Å²) in [6.45, 7) is 5.32. The van der Waals surface area contributed by atoms with Crippen molar-refractivity contribution < 1.29 is 9.53 Å². The van der Waals surface area contributed by atoms with Crippen LogP contribution in [0.1, 0.15) is 37.0 Å². The fourth-order valence-corrected chi connectivity index (χ4v) is 1.97. The van der Waals surface area contributed by atoms with Gasteiger partial charge in [-0.05, 0) is 44.7 Å². The molecule has 0 unspecified atom stereocenters. The van der Waals surface area contributed by atoms with E-state index in [1.807, 2.05) is 6.07 Å². The molecule has 4 nitrogen and oxygen atoms in total. The van der Waals surface area contributed by atoms with E-state index in [9.17, 15) is 4.79 Å². The molecule has 0 bridgehead atoms. The number of nitrogens with zero attached hydrogens (tertiary/aromatic N) is 2. The quantitative estimate of drug-likeness (QED) is 0.751. The van der Waals surface area contributed by atoms with E-state index >= 15 is 0 Å². The van der Waals surface area contributed by atoms with E-state index < -0.39 is 0 Å². The van der Waals surface area contributed by atoms with Crippen LogP contribution in [0, 0.1) is 5.92 Å². The maximum Gasteiger partial charge on any atom is 0.338 e. The third-order valence-electron chi connectivity index (χ3n) is 3.24. The van der Waals surface area contributed by atoms with Gasteiger partial charge in [0.05, 0.1) is 12.7 Å². The van der Waals surface area contributed by atoms with Gasteiger partial charge in [-0.25, -0.2) is 9.78 Å². The van der Waals surface area contributed by atoms with E-state index in [-0.39, 0.29) is 5.97 Å². The van der Waals surface area contributed by atoms with Gasteiger partial charge in [0, 0.05) is 18.8 Å². The smallest absolute Gasteiger partial charge is 0.338 e. The van der Waals surface area contributed by atoms with Gasteiger partial charge in [0.15, 0.2) is 0 Å². The second-order valence-corrected chi connectivity index (χ2v) is 5.08. The predicted octanol–water partition coefficient (Wildman–Crippen LogP) is 2.49. The number of aromatic nitrogens is 1. The highest BCUT2D eigenvalue weighted by Gasteiger charge is 2.26. The Kier molecular flexibility index (Phi) is 3.84. The van der Waals surface area contributed by atoms with Crippen molar-refractivity contribution in [2.45, 2.75) is 32.7 Å². The lowest BCUT2D eigenvalue weighted by Crippen LogP contribution is -2.33. The topological polar surface area (TPSA) is 42.4 Å². The van der Waals surface area contributed by atoms with Gasteiger partial charge in [0.1, 0.15) is 5.82 Å². The van der Waals surface area contributed by atoms with Crippen molar-refractivity contribution in [2.75, 3.05) is 18.6 Å². The summed E-state index contributed by atoms with van der Waals surface area (Å²) >= 11 is 0. The fourth-order valence-electron chi connectivity index (χ4n) is 1.97. The first-order valence-electron chi connectivity index (χ1n) is 6.43. The Morgan fingerprint density at radius 3 is 2.83 bits per heavy atom. The number of rotatable bonds is 5. The third kappa shape index (κ3) is 3.00. The van der Waals surface area contributed by atoms with Gasteiger partial charge in [-0.1, -0.05) is 0 Å². The number of anilines is 1. The van der Waals surface area contributed by atoms with Gasteiger partial charge in [-0.15, -0.1) is 0 Å². The van der Waals surface area contributed by atoms with Crippen LogP contribution in [0.3, 0.4) is 0 Å². The zero-order valence-electron chi connectivity index (χ0n) is 11.2. The number of esters is 1. The SMILES string of the molecule is COC(=O)c1ccnc(N(CC2CC2)C(C)C)c1. The number of carbonyl (C=O) groups is 1. The Balaban J connectivity index is 2.20. The van der Waals surface area contributed by atoms with Crippen LogP contribution < -0.4 is 4.90 Å². The lowest BCUT2D eigenvalue weighted by Gasteiger charge is -2.28. The highest BCUT2D eigenvalue weighted by molar-refractivity contribution is 5.90. The molecule has 98 valence electrons. The molecule has 1 saturated carbocycles. The minimum atomic E-state index is -0.311. The Morgan fingerprint density at radius 2 is 2.28 bits per heavy atom. The van der Waals surface area contributed by atoms with Crippen LogP contribution in [0.25, 0.3) is 0 Å². The van der Waals surface area contributed by atoms with Crippen LogP contribution >= 0.6 is 0 Å². The fraction of sp³-hybridized carbons (Fsp3) is 0.571. The highest BCUT2D eigenvalue weighted by Crippen LogP contribution is 2.31. The van der Waals surface area contributed by atoms with Crippen molar-refractivity contribution in [3.8, 4) is 0 Å². The van der Waals surface area contributed by atoms with Crippen LogP contribution in [-0.2, 0) is 4.74 Å². The van der Waals surface area contributed by atoms with Crippen LogP contribution in [-0.4, -0.2) is 30.6 Å². The van der Waals surface area contributed by atoms with Crippen molar-refractivity contribution in [3.63, 3.8) is 0 Å². The molecule has 18 heavy (non-hydrogen) atoms. The Morgan fingerprint density at radius 1 is 1.56 bits per heavy atom. The minimum absolute atomic E-state index is 0.311. The standard InChI is InChI=1S/C14H20N2O2/c1-10(2)16(9-11-4-5-11)13-8-12(6-7-15-13)14(17)18-3/h6-8,10-11H,4-5,9H2,1-3H3. The summed E-state index contributed by atoms with van der Waals surface area (Å²) in [5.74, 6) is 1.34. The molecule has 0 amide bonds. The van der Waals surface area contributed by atoms with Crippen molar-refractivity contribution in [3.05, 3.63) is 23.9 Å². The molecular weight excluding hydrogens is 228 g/mol. The summed E-state index contributed by atoms with van der Waals surface area (Å²) in [5, 5.41) is 0. The first kappa shape index (κ1) is 12.9. The van der Waals surface area contributed by atoms with Gasteiger partial charge in [-0.2, -0.15) is 0 Å². The zero-order chi connectivity index (χ0) is 13.1. The maximum absolute atomic E-state index is 11.5. The number of methoxy groups -OCH3 is 1. The van der Waals surface area contributed by atoms with Crippen molar-refractivity contribution in [1.82, 2.24) is 4.98 Å². The summed E-state index contributed by atoms with van der Waals surface area (Å²) in [4.78, 5) is 18.2. The average molecular weight is 248 g/mol. The van der Waals surface area contributed by atoms with Gasteiger partial charge >= 0.3 is 5.97 Å². The molecule has 2 rings (SSSR count). The van der Waals surface area contributed by atoms with Crippen molar-refractivity contribution in [1.29, 1.82) is 0 Å². The Labute approximate surface area is 108 Å². The van der Waals surface area contributed by atoms with E-state index in [4.69, 9.17) is 4.74 Å². The molecule has 1 aliphatic carbocycles. The summed E-state index contributed by atoms with van der Waals surface area (Å²) in [7, 11) is 1.40. The summed E-state index contributed by atoms with van der Waals surface area (Å²) in [6.07, 6.45) is 4.28. The second kappa shape index (κ2) is 5.38. The third-order valence-corrected chi connectivity index (χ3v) is 3.24. The molecule has 1 aromatic rings. The van der Waals surface area contributed by atoms with E-state index in [1.54, 1.807) is 12.3 Å². The first-order chi connectivity index (χ1) is 8.61. The number of hydrogen-bond donors (Lipinski definition) is 0. The molecule has 1 fully saturated rings. The first-order valence-corrected chi connectivity index (χ1v) is 6.43. The zero-order valence-corrected chi connectivity index (χ0v) is 11.2. The van der Waals surface area contributed by atoms with Crippen LogP contribution in [0.15, 0.2) is 18.3 Å². The summed E-state index contributed by atoms with van der Waals surface area (Å²) < 4.78 is 4.74. The Hall–Kier alpha value is -1.58. The normalized spacial score (nSPS) is 14.7. The molecule has 1 heterocycles. The van der Waals surface area contributed by atoms with E-state index in [0.717, 1.165) is 18.3 Å². The number of hydrogen-bond acceptors (Lipinski definition) is 4.